The van der Waals surface area contributed by atoms with E-state index in [-0.39, 0.29) is 32.7 Å². The number of hydrogen-bond acceptors (Lipinski definition) is 1. The van der Waals surface area contributed by atoms with Crippen molar-refractivity contribution in [3.8, 4) is 0 Å². The number of rotatable bonds is 1. The Morgan fingerprint density at radius 2 is 1.93 bits per heavy atom. The first kappa shape index (κ1) is 12.6. The molecule has 2 unspecified atom stereocenters. The van der Waals surface area contributed by atoms with Crippen LogP contribution in [0.25, 0.3) is 0 Å². The molecule has 73 valence electrons. The van der Waals surface area contributed by atoms with Crippen LogP contribution in [0.4, 0.5) is 0 Å². The zero-order chi connectivity index (χ0) is 9.31. The molecule has 1 fully saturated rings. The molecule has 0 bridgehead atoms. The summed E-state index contributed by atoms with van der Waals surface area (Å²) in [6, 6.07) is 9.97. The summed E-state index contributed by atoms with van der Waals surface area (Å²) in [5, 5.41) is 1.08. The molecule has 1 radical (unpaired) electrons. The molecule has 0 amide bonds. The first-order valence-electron chi connectivity index (χ1n) is 4.84. The minimum absolute atomic E-state index is 0. The first-order valence-corrected chi connectivity index (χ1v) is 6.92. The Labute approximate surface area is 111 Å². The number of benzene rings is 1. The van der Waals surface area contributed by atoms with Gasteiger partial charge in [0.1, 0.15) is 7.14 Å². The van der Waals surface area contributed by atoms with Gasteiger partial charge in [0, 0.05) is 50.3 Å². The van der Waals surface area contributed by atoms with E-state index in [0.29, 0.717) is 5.92 Å². The molecule has 1 heterocycles. The predicted octanol–water partition coefficient (Wildman–Crippen LogP) is 2.71. The van der Waals surface area contributed by atoms with E-state index in [9.17, 15) is 4.57 Å². The molecule has 14 heavy (non-hydrogen) atoms. The van der Waals surface area contributed by atoms with Crippen LogP contribution >= 0.6 is 7.14 Å². The van der Waals surface area contributed by atoms with Gasteiger partial charge in [0.15, 0.2) is 0 Å². The number of hydrogen-bond donors (Lipinski definition) is 0. The van der Waals surface area contributed by atoms with Crippen LogP contribution in [0.3, 0.4) is 0 Å². The monoisotopic (exact) mass is 283 g/mol. The van der Waals surface area contributed by atoms with Gasteiger partial charge in [0.05, 0.1) is 0 Å². The van der Waals surface area contributed by atoms with E-state index in [2.05, 4.69) is 6.92 Å². The van der Waals surface area contributed by atoms with Crippen molar-refractivity contribution in [2.75, 3.05) is 12.3 Å². The van der Waals surface area contributed by atoms with E-state index in [1.807, 2.05) is 30.3 Å². The standard InChI is InChI=1S/C11H15OP.Y/c1-10-7-8-13(12,9-10)11-5-3-2-4-6-11;/h2-6,10H,7-9H2,1H3;. The second-order valence-corrected chi connectivity index (χ2v) is 7.13. The minimum Gasteiger partial charge on any atom is -0.319 e. The molecule has 3 heteroatoms. The zero-order valence-corrected chi connectivity index (χ0v) is 12.3. The van der Waals surface area contributed by atoms with E-state index in [1.165, 1.54) is 0 Å². The van der Waals surface area contributed by atoms with Crippen molar-refractivity contribution >= 4 is 12.4 Å². The summed E-state index contributed by atoms with van der Waals surface area (Å²) in [7, 11) is -1.98. The van der Waals surface area contributed by atoms with Crippen LogP contribution in [0.2, 0.25) is 0 Å². The van der Waals surface area contributed by atoms with Crippen LogP contribution in [0.1, 0.15) is 13.3 Å². The molecule has 0 saturated carbocycles. The van der Waals surface area contributed by atoms with Gasteiger partial charge >= 0.3 is 0 Å². The van der Waals surface area contributed by atoms with Gasteiger partial charge in [-0.2, -0.15) is 0 Å². The molecule has 1 aromatic rings. The van der Waals surface area contributed by atoms with Crippen molar-refractivity contribution in [3.05, 3.63) is 30.3 Å². The van der Waals surface area contributed by atoms with Crippen molar-refractivity contribution in [2.24, 2.45) is 5.92 Å². The topological polar surface area (TPSA) is 17.1 Å². The summed E-state index contributed by atoms with van der Waals surface area (Å²) in [6.45, 7) is 2.20. The summed E-state index contributed by atoms with van der Waals surface area (Å²) in [5.41, 5.74) is 0. The summed E-state index contributed by atoms with van der Waals surface area (Å²) in [6.07, 6.45) is 2.96. The fraction of sp³-hybridized carbons (Fsp3) is 0.455. The fourth-order valence-corrected chi connectivity index (χ4v) is 5.46. The Morgan fingerprint density at radius 1 is 1.29 bits per heavy atom. The van der Waals surface area contributed by atoms with Crippen molar-refractivity contribution in [2.45, 2.75) is 13.3 Å². The van der Waals surface area contributed by atoms with Crippen LogP contribution in [0, 0.1) is 5.92 Å². The molecule has 0 aromatic heterocycles. The Hall–Kier alpha value is 0.554. The van der Waals surface area contributed by atoms with Crippen LogP contribution in [-0.4, -0.2) is 12.3 Å². The molecular weight excluding hydrogens is 268 g/mol. The SMILES string of the molecule is CC1CCP(=O)(c2ccccc2)C1.[Y]. The van der Waals surface area contributed by atoms with Crippen molar-refractivity contribution < 1.29 is 37.3 Å². The van der Waals surface area contributed by atoms with Gasteiger partial charge in [-0.15, -0.1) is 0 Å². The van der Waals surface area contributed by atoms with Gasteiger partial charge in [0.2, 0.25) is 0 Å². The molecule has 1 saturated heterocycles. The summed E-state index contributed by atoms with van der Waals surface area (Å²) in [5.74, 6) is 0.644. The van der Waals surface area contributed by atoms with Crippen LogP contribution < -0.4 is 5.30 Å². The minimum atomic E-state index is -1.98. The predicted molar refractivity (Wildman–Crippen MR) is 57.2 cm³/mol. The third kappa shape index (κ3) is 2.57. The average Bonchev–Trinajstić information content (AvgIpc) is 2.49. The largest absolute Gasteiger partial charge is 0.319 e. The van der Waals surface area contributed by atoms with Gasteiger partial charge in [-0.25, -0.2) is 0 Å². The van der Waals surface area contributed by atoms with Gasteiger partial charge in [0.25, 0.3) is 0 Å². The molecule has 1 aliphatic rings. The van der Waals surface area contributed by atoms with E-state index >= 15 is 0 Å². The Bertz CT molecular complexity index is 336. The maximum atomic E-state index is 12.4. The molecular formula is C11H15OPY. The fourth-order valence-electron chi connectivity index (χ4n) is 2.05. The normalized spacial score (nSPS) is 31.1. The van der Waals surface area contributed by atoms with E-state index in [0.717, 1.165) is 24.0 Å². The molecule has 0 spiro atoms. The van der Waals surface area contributed by atoms with Crippen LogP contribution in [0.5, 0.6) is 0 Å². The quantitative estimate of drug-likeness (QED) is 0.724. The smallest absolute Gasteiger partial charge is 0.115 e. The Balaban J connectivity index is 0.000000980. The molecule has 2 atom stereocenters. The maximum absolute atomic E-state index is 12.4. The van der Waals surface area contributed by atoms with E-state index in [1.54, 1.807) is 0 Å². The van der Waals surface area contributed by atoms with Crippen LogP contribution in [-0.2, 0) is 37.3 Å². The third-order valence-corrected chi connectivity index (χ3v) is 6.25. The molecule has 2 rings (SSSR count). The third-order valence-electron chi connectivity index (χ3n) is 2.82. The molecule has 0 N–H and O–H groups in total. The first-order chi connectivity index (χ1) is 6.21. The van der Waals surface area contributed by atoms with Crippen LogP contribution in [0.15, 0.2) is 30.3 Å². The molecule has 0 aliphatic carbocycles. The second kappa shape index (κ2) is 5.06. The molecule has 1 aromatic carbocycles. The molecule has 1 nitrogen and oxygen atoms in total. The van der Waals surface area contributed by atoms with Crippen molar-refractivity contribution in [1.29, 1.82) is 0 Å². The average molecular weight is 283 g/mol. The van der Waals surface area contributed by atoms with Gasteiger partial charge < -0.3 is 4.57 Å². The van der Waals surface area contributed by atoms with Gasteiger partial charge in [-0.3, -0.25) is 0 Å². The van der Waals surface area contributed by atoms with E-state index in [4.69, 9.17) is 0 Å². The maximum Gasteiger partial charge on any atom is 0.115 e. The Morgan fingerprint density at radius 3 is 2.43 bits per heavy atom. The van der Waals surface area contributed by atoms with Crippen molar-refractivity contribution in [3.63, 3.8) is 0 Å². The second-order valence-electron chi connectivity index (χ2n) is 4.02. The van der Waals surface area contributed by atoms with Crippen molar-refractivity contribution in [1.82, 2.24) is 0 Å². The van der Waals surface area contributed by atoms with Gasteiger partial charge in [-0.05, 0) is 12.3 Å². The molecule has 1 aliphatic heterocycles. The Kier molecular flexibility index (Phi) is 4.56. The van der Waals surface area contributed by atoms with Gasteiger partial charge in [-0.1, -0.05) is 37.3 Å². The van der Waals surface area contributed by atoms with E-state index < -0.39 is 7.14 Å². The zero-order valence-electron chi connectivity index (χ0n) is 8.52. The summed E-state index contributed by atoms with van der Waals surface area (Å²) < 4.78 is 12.4. The summed E-state index contributed by atoms with van der Waals surface area (Å²) in [4.78, 5) is 0. The summed E-state index contributed by atoms with van der Waals surface area (Å²) >= 11 is 0.